The van der Waals surface area contributed by atoms with Crippen molar-refractivity contribution in [1.82, 2.24) is 35.8 Å². The average Bonchev–Trinajstić information content (AvgIpc) is 3.49. The molecule has 0 aliphatic carbocycles. The lowest BCUT2D eigenvalue weighted by Crippen LogP contribution is -2.49. The van der Waals surface area contributed by atoms with E-state index in [4.69, 9.17) is 4.42 Å². The van der Waals surface area contributed by atoms with Crippen molar-refractivity contribution < 1.29 is 23.6 Å². The number of carbonyl (C=O) groups excluding carboxylic acids is 4. The highest BCUT2D eigenvalue weighted by Gasteiger charge is 2.31. The first kappa shape index (κ1) is 28.9. The molecule has 0 radical (unpaired) electrons. The Labute approximate surface area is 222 Å². The Bertz CT molecular complexity index is 1140. The minimum Gasteiger partial charge on any atom is -0.443 e. The van der Waals surface area contributed by atoms with Crippen molar-refractivity contribution in [2.75, 3.05) is 6.54 Å². The molecule has 4 amide bonds. The Balaban J connectivity index is 1.79. The van der Waals surface area contributed by atoms with Gasteiger partial charge in [0, 0.05) is 38.3 Å². The first-order valence-corrected chi connectivity index (χ1v) is 13.3. The molecule has 12 nitrogen and oxygen atoms in total. The summed E-state index contributed by atoms with van der Waals surface area (Å²) in [4.78, 5) is 60.0. The maximum atomic E-state index is 13.4. The van der Waals surface area contributed by atoms with Gasteiger partial charge in [-0.15, -0.1) is 0 Å². The van der Waals surface area contributed by atoms with Gasteiger partial charge in [-0.1, -0.05) is 20.8 Å². The van der Waals surface area contributed by atoms with E-state index in [1.807, 2.05) is 31.5 Å². The second-order valence-electron chi connectivity index (χ2n) is 9.93. The zero-order valence-electron chi connectivity index (χ0n) is 22.8. The van der Waals surface area contributed by atoms with Gasteiger partial charge >= 0.3 is 0 Å². The van der Waals surface area contributed by atoms with Crippen LogP contribution in [0.4, 0.5) is 0 Å². The minimum atomic E-state index is -0.779. The summed E-state index contributed by atoms with van der Waals surface area (Å²) < 4.78 is 7.71. The average molecular weight is 530 g/mol. The molecular formula is C26H39N7O5. The Morgan fingerprint density at radius 3 is 2.68 bits per heavy atom. The lowest BCUT2D eigenvalue weighted by molar-refractivity contribution is -0.130. The number of nitrogens with one attached hydrogen (secondary N) is 4. The summed E-state index contributed by atoms with van der Waals surface area (Å²) in [5.74, 6) is -0.199. The van der Waals surface area contributed by atoms with Gasteiger partial charge in [-0.3, -0.25) is 19.2 Å². The fourth-order valence-electron chi connectivity index (χ4n) is 4.31. The fraction of sp³-hybridized carbons (Fsp3) is 0.615. The molecule has 0 unspecified atom stereocenters. The van der Waals surface area contributed by atoms with Crippen LogP contribution >= 0.6 is 0 Å². The van der Waals surface area contributed by atoms with Crippen molar-refractivity contribution in [3.05, 3.63) is 35.6 Å². The minimum absolute atomic E-state index is 0.0578. The summed E-state index contributed by atoms with van der Waals surface area (Å²) in [6, 6.07) is -2.15. The molecule has 1 aliphatic rings. The first-order chi connectivity index (χ1) is 18.1. The number of oxazole rings is 1. The van der Waals surface area contributed by atoms with Crippen molar-refractivity contribution >= 4 is 23.6 Å². The molecule has 0 aromatic carbocycles. The Morgan fingerprint density at radius 1 is 1.21 bits per heavy atom. The normalized spacial score (nSPS) is 21.5. The van der Waals surface area contributed by atoms with E-state index in [2.05, 4.69) is 31.2 Å². The number of imidazole rings is 1. The van der Waals surface area contributed by atoms with Gasteiger partial charge in [-0.25, -0.2) is 9.97 Å². The summed E-state index contributed by atoms with van der Waals surface area (Å²) in [6.45, 7) is 9.85. The zero-order chi connectivity index (χ0) is 27.8. The van der Waals surface area contributed by atoms with Crippen LogP contribution in [0.5, 0.6) is 0 Å². The molecule has 0 fully saturated rings. The van der Waals surface area contributed by atoms with Crippen LogP contribution in [0.2, 0.25) is 0 Å². The molecule has 1 aliphatic heterocycles. The second kappa shape index (κ2) is 13.2. The largest absolute Gasteiger partial charge is 0.443 e. The Hall–Kier alpha value is -3.70. The number of hydrogen-bond acceptors (Lipinski definition) is 7. The SMILES string of the molecule is CCc1nccn1CCC(=O)N[C@H]1CCCCNC(=O)[C@@H](C)NC(=O)c2nc(oc2C)[C@H](C(C)C)NC1=O. The van der Waals surface area contributed by atoms with Gasteiger partial charge < -0.3 is 30.3 Å². The summed E-state index contributed by atoms with van der Waals surface area (Å²) in [6.07, 6.45) is 6.09. The van der Waals surface area contributed by atoms with E-state index in [-0.39, 0.29) is 47.4 Å². The fourth-order valence-corrected chi connectivity index (χ4v) is 4.31. The van der Waals surface area contributed by atoms with Crippen LogP contribution in [-0.2, 0) is 27.3 Å². The van der Waals surface area contributed by atoms with Gasteiger partial charge in [0.15, 0.2) is 5.69 Å². The summed E-state index contributed by atoms with van der Waals surface area (Å²) in [5.41, 5.74) is 0.0578. The van der Waals surface area contributed by atoms with Crippen LogP contribution in [0.15, 0.2) is 16.8 Å². The first-order valence-electron chi connectivity index (χ1n) is 13.3. The molecule has 208 valence electrons. The predicted molar refractivity (Wildman–Crippen MR) is 139 cm³/mol. The van der Waals surface area contributed by atoms with Crippen molar-refractivity contribution in [1.29, 1.82) is 0 Å². The molecule has 2 bridgehead atoms. The van der Waals surface area contributed by atoms with E-state index >= 15 is 0 Å². The molecule has 3 rings (SSSR count). The van der Waals surface area contributed by atoms with E-state index in [1.54, 1.807) is 20.0 Å². The molecule has 0 spiro atoms. The standard InChI is InChI=1S/C26H39N7O5/c1-6-19-27-12-14-33(19)13-10-20(34)30-18-9-7-8-11-28-23(35)16(4)29-25(37)22-17(5)38-26(32-22)21(15(2)3)31-24(18)36/h12,14-16,18,21H,6-11,13H2,1-5H3,(H,28,35)(H,29,37)(H,30,34)(H,31,36)/t16-,18+,21+/m1/s1. The highest BCUT2D eigenvalue weighted by atomic mass is 16.4. The molecule has 12 heteroatoms. The van der Waals surface area contributed by atoms with Crippen molar-refractivity contribution in [2.24, 2.45) is 5.92 Å². The van der Waals surface area contributed by atoms with E-state index in [1.165, 1.54) is 0 Å². The summed E-state index contributed by atoms with van der Waals surface area (Å²) in [5, 5.41) is 11.3. The Morgan fingerprint density at radius 2 is 1.97 bits per heavy atom. The van der Waals surface area contributed by atoms with E-state index < -0.39 is 24.0 Å². The lowest BCUT2D eigenvalue weighted by atomic mass is 10.0. The van der Waals surface area contributed by atoms with Gasteiger partial charge in [0.05, 0.1) is 0 Å². The molecule has 4 N–H and O–H groups in total. The number of nitrogens with zero attached hydrogens (tertiary/aromatic N) is 3. The quantitative estimate of drug-likeness (QED) is 0.441. The number of aryl methyl sites for hydroxylation is 3. The molecule has 0 saturated heterocycles. The second-order valence-corrected chi connectivity index (χ2v) is 9.93. The molecule has 3 atom stereocenters. The zero-order valence-corrected chi connectivity index (χ0v) is 22.8. The topological polar surface area (TPSA) is 160 Å². The molecule has 38 heavy (non-hydrogen) atoms. The number of amides is 4. The van der Waals surface area contributed by atoms with Crippen LogP contribution in [0.25, 0.3) is 0 Å². The van der Waals surface area contributed by atoms with Gasteiger partial charge in [-0.2, -0.15) is 0 Å². The molecule has 2 aromatic heterocycles. The van der Waals surface area contributed by atoms with Gasteiger partial charge in [0.25, 0.3) is 5.91 Å². The smallest absolute Gasteiger partial charge is 0.274 e. The number of fused-ring (bicyclic) bond motifs is 2. The molecular weight excluding hydrogens is 490 g/mol. The molecule has 0 saturated carbocycles. The third kappa shape index (κ3) is 7.42. The number of aromatic nitrogens is 3. The van der Waals surface area contributed by atoms with Crippen LogP contribution < -0.4 is 21.3 Å². The maximum Gasteiger partial charge on any atom is 0.274 e. The van der Waals surface area contributed by atoms with Gasteiger partial charge in [0.1, 0.15) is 29.7 Å². The lowest BCUT2D eigenvalue weighted by Gasteiger charge is -2.24. The number of carbonyl (C=O) groups is 4. The van der Waals surface area contributed by atoms with E-state index in [0.717, 1.165) is 12.2 Å². The maximum absolute atomic E-state index is 13.4. The van der Waals surface area contributed by atoms with Crippen LogP contribution in [-0.4, -0.2) is 56.8 Å². The monoisotopic (exact) mass is 529 g/mol. The van der Waals surface area contributed by atoms with Crippen LogP contribution in [0, 0.1) is 12.8 Å². The van der Waals surface area contributed by atoms with Crippen molar-refractivity contribution in [2.45, 2.75) is 91.4 Å². The third-order valence-electron chi connectivity index (χ3n) is 6.57. The Kier molecular flexibility index (Phi) is 10.0. The van der Waals surface area contributed by atoms with E-state index in [0.29, 0.717) is 32.4 Å². The highest BCUT2D eigenvalue weighted by molar-refractivity contribution is 5.96. The molecule has 2 aromatic rings. The summed E-state index contributed by atoms with van der Waals surface area (Å²) >= 11 is 0. The molecule has 3 heterocycles. The number of rotatable bonds is 6. The van der Waals surface area contributed by atoms with Crippen molar-refractivity contribution in [3.8, 4) is 0 Å². The van der Waals surface area contributed by atoms with Crippen LogP contribution in [0.3, 0.4) is 0 Å². The predicted octanol–water partition coefficient (Wildman–Crippen LogP) is 1.55. The number of hydrogen-bond donors (Lipinski definition) is 4. The van der Waals surface area contributed by atoms with E-state index in [9.17, 15) is 19.2 Å². The van der Waals surface area contributed by atoms with Crippen molar-refractivity contribution in [3.63, 3.8) is 0 Å². The van der Waals surface area contributed by atoms with Gasteiger partial charge in [0.2, 0.25) is 23.6 Å². The van der Waals surface area contributed by atoms with Crippen LogP contribution in [0.1, 0.15) is 87.4 Å². The summed E-state index contributed by atoms with van der Waals surface area (Å²) in [7, 11) is 0. The third-order valence-corrected chi connectivity index (χ3v) is 6.57. The highest BCUT2D eigenvalue weighted by Crippen LogP contribution is 2.24. The van der Waals surface area contributed by atoms with Gasteiger partial charge in [-0.05, 0) is 39.0 Å².